The summed E-state index contributed by atoms with van der Waals surface area (Å²) in [4.78, 5) is 16.9. The van der Waals surface area contributed by atoms with Gasteiger partial charge in [-0.2, -0.15) is 0 Å². The normalized spacial score (nSPS) is 11.2. The predicted molar refractivity (Wildman–Crippen MR) is 114 cm³/mol. The number of nitrogens with one attached hydrogen (secondary N) is 1. The van der Waals surface area contributed by atoms with Gasteiger partial charge in [0.25, 0.3) is 0 Å². The highest BCUT2D eigenvalue weighted by Crippen LogP contribution is 2.27. The highest BCUT2D eigenvalue weighted by Gasteiger charge is 2.16. The minimum atomic E-state index is -0.0996. The summed E-state index contributed by atoms with van der Waals surface area (Å²) in [6, 6.07) is 15.4. The van der Waals surface area contributed by atoms with Gasteiger partial charge in [0.05, 0.1) is 23.8 Å². The molecule has 1 unspecified atom stereocenters. The summed E-state index contributed by atoms with van der Waals surface area (Å²) in [6.07, 6.45) is 0.359. The zero-order chi connectivity index (χ0) is 17.8. The van der Waals surface area contributed by atoms with Crippen molar-refractivity contribution in [2.45, 2.75) is 13.3 Å². The second-order valence-corrected chi connectivity index (χ2v) is 6.05. The highest BCUT2D eigenvalue weighted by atomic mass is 35.5. The summed E-state index contributed by atoms with van der Waals surface area (Å²) in [5, 5.41) is 2.92. The monoisotopic (exact) mass is 410 g/mol. The lowest BCUT2D eigenvalue weighted by Gasteiger charge is -2.12. The third-order valence-corrected chi connectivity index (χ3v) is 4.06. The van der Waals surface area contributed by atoms with Gasteiger partial charge in [-0.25, -0.2) is 4.98 Å². The second-order valence-electron chi connectivity index (χ2n) is 6.05. The lowest BCUT2D eigenvalue weighted by Crippen LogP contribution is -2.21. The van der Waals surface area contributed by atoms with E-state index >= 15 is 0 Å². The largest absolute Gasteiger partial charge is 0.497 e. The van der Waals surface area contributed by atoms with Crippen molar-refractivity contribution in [3.05, 3.63) is 48.5 Å². The number of hydrogen-bond acceptors (Lipinski definition) is 4. The minimum absolute atomic E-state index is 0. The maximum Gasteiger partial charge on any atom is 0.227 e. The molecule has 146 valence electrons. The molecule has 0 aliphatic carbocycles. The smallest absolute Gasteiger partial charge is 0.227 e. The third-order valence-electron chi connectivity index (χ3n) is 4.06. The maximum absolute atomic E-state index is 12.3. The molecule has 0 saturated carbocycles. The fraction of sp³-hybridized carbons (Fsp3) is 0.263. The van der Waals surface area contributed by atoms with Crippen LogP contribution in [0.3, 0.4) is 0 Å². The molecule has 2 aromatic carbocycles. The van der Waals surface area contributed by atoms with Crippen LogP contribution >= 0.6 is 24.8 Å². The van der Waals surface area contributed by atoms with Crippen molar-refractivity contribution < 1.29 is 9.53 Å². The van der Waals surface area contributed by atoms with Crippen molar-refractivity contribution in [1.82, 2.24) is 9.55 Å². The fourth-order valence-electron chi connectivity index (χ4n) is 2.70. The third kappa shape index (κ3) is 5.13. The van der Waals surface area contributed by atoms with Crippen molar-refractivity contribution in [3.63, 3.8) is 0 Å². The Labute approximate surface area is 170 Å². The van der Waals surface area contributed by atoms with Crippen LogP contribution in [0.1, 0.15) is 13.3 Å². The number of imidazole rings is 1. The van der Waals surface area contributed by atoms with Gasteiger partial charge in [0.15, 0.2) is 0 Å². The maximum atomic E-state index is 12.3. The van der Waals surface area contributed by atoms with E-state index < -0.39 is 0 Å². The molecule has 3 aromatic rings. The van der Waals surface area contributed by atoms with Gasteiger partial charge < -0.3 is 10.5 Å². The van der Waals surface area contributed by atoms with E-state index in [4.69, 9.17) is 10.5 Å². The SMILES string of the molecule is COc1cccc(-n2c(NC(=O)CC(C)CN)nc3ccccc32)c1.Cl.Cl. The summed E-state index contributed by atoms with van der Waals surface area (Å²) in [7, 11) is 1.63. The minimum Gasteiger partial charge on any atom is -0.497 e. The van der Waals surface area contributed by atoms with Crippen LogP contribution in [-0.4, -0.2) is 29.1 Å². The molecule has 0 bridgehead atoms. The number of ether oxygens (including phenoxy) is 1. The number of halogens is 2. The topological polar surface area (TPSA) is 82.2 Å². The zero-order valence-corrected chi connectivity index (χ0v) is 16.8. The van der Waals surface area contributed by atoms with Gasteiger partial charge in [0.1, 0.15) is 5.75 Å². The van der Waals surface area contributed by atoms with Crippen LogP contribution in [0.25, 0.3) is 16.7 Å². The highest BCUT2D eigenvalue weighted by molar-refractivity contribution is 5.92. The van der Waals surface area contributed by atoms with Gasteiger partial charge in [-0.1, -0.05) is 25.1 Å². The Morgan fingerprint density at radius 3 is 2.67 bits per heavy atom. The van der Waals surface area contributed by atoms with Crippen LogP contribution in [0, 0.1) is 5.92 Å². The quantitative estimate of drug-likeness (QED) is 0.647. The van der Waals surface area contributed by atoms with Crippen LogP contribution in [0.5, 0.6) is 5.75 Å². The number of hydrogen-bond donors (Lipinski definition) is 2. The number of aromatic nitrogens is 2. The number of carbonyl (C=O) groups is 1. The summed E-state index contributed by atoms with van der Waals surface area (Å²) in [5.41, 5.74) is 8.21. The molecule has 27 heavy (non-hydrogen) atoms. The van der Waals surface area contributed by atoms with Crippen LogP contribution in [-0.2, 0) is 4.79 Å². The van der Waals surface area contributed by atoms with Crippen molar-refractivity contribution in [3.8, 4) is 11.4 Å². The molecule has 1 amide bonds. The van der Waals surface area contributed by atoms with E-state index in [1.54, 1.807) is 7.11 Å². The number of carbonyl (C=O) groups excluding carboxylic acids is 1. The van der Waals surface area contributed by atoms with Gasteiger partial charge in [0.2, 0.25) is 11.9 Å². The van der Waals surface area contributed by atoms with E-state index in [9.17, 15) is 4.79 Å². The molecule has 6 nitrogen and oxygen atoms in total. The number of fused-ring (bicyclic) bond motifs is 1. The molecule has 8 heteroatoms. The number of nitrogens with zero attached hydrogens (tertiary/aromatic N) is 2. The van der Waals surface area contributed by atoms with E-state index in [-0.39, 0.29) is 36.6 Å². The van der Waals surface area contributed by atoms with E-state index in [1.165, 1.54) is 0 Å². The Hall–Kier alpha value is -2.28. The molecule has 0 aliphatic heterocycles. The predicted octanol–water partition coefficient (Wildman–Crippen LogP) is 3.80. The molecular formula is C19H24Cl2N4O2. The first-order valence-electron chi connectivity index (χ1n) is 8.24. The van der Waals surface area contributed by atoms with E-state index in [0.29, 0.717) is 18.9 Å². The molecule has 0 spiro atoms. The molecule has 3 rings (SSSR count). The Bertz CT molecular complexity index is 898. The van der Waals surface area contributed by atoms with Crippen LogP contribution in [0.2, 0.25) is 0 Å². The molecule has 3 N–H and O–H groups in total. The first kappa shape index (κ1) is 22.8. The number of methoxy groups -OCH3 is 1. The van der Waals surface area contributed by atoms with Gasteiger partial charge >= 0.3 is 0 Å². The molecule has 1 atom stereocenters. The standard InChI is InChI=1S/C19H22N4O2.2ClH/c1-13(12-20)10-18(24)22-19-21-16-8-3-4-9-17(16)23(19)14-6-5-7-15(11-14)25-2;;/h3-9,11,13H,10,12,20H2,1-2H3,(H,21,22,24);2*1H. The van der Waals surface area contributed by atoms with Gasteiger partial charge in [0, 0.05) is 12.5 Å². The zero-order valence-electron chi connectivity index (χ0n) is 15.2. The Morgan fingerprint density at radius 1 is 1.22 bits per heavy atom. The van der Waals surface area contributed by atoms with Gasteiger partial charge in [-0.3, -0.25) is 14.7 Å². The van der Waals surface area contributed by atoms with Crippen LogP contribution in [0.15, 0.2) is 48.5 Å². The molecular weight excluding hydrogens is 387 g/mol. The summed E-state index contributed by atoms with van der Waals surface area (Å²) in [5.74, 6) is 1.25. The molecule has 0 fully saturated rings. The summed E-state index contributed by atoms with van der Waals surface area (Å²) >= 11 is 0. The molecule has 0 aliphatic rings. The van der Waals surface area contributed by atoms with Gasteiger partial charge in [-0.15, -0.1) is 24.8 Å². The van der Waals surface area contributed by atoms with E-state index in [2.05, 4.69) is 10.3 Å². The summed E-state index contributed by atoms with van der Waals surface area (Å²) in [6.45, 7) is 2.42. The molecule has 1 heterocycles. The molecule has 0 saturated heterocycles. The van der Waals surface area contributed by atoms with Crippen molar-refractivity contribution in [2.24, 2.45) is 11.7 Å². The average molecular weight is 411 g/mol. The Morgan fingerprint density at radius 2 is 1.96 bits per heavy atom. The lowest BCUT2D eigenvalue weighted by molar-refractivity contribution is -0.116. The number of amides is 1. The van der Waals surface area contributed by atoms with Crippen molar-refractivity contribution in [1.29, 1.82) is 0 Å². The van der Waals surface area contributed by atoms with Crippen LogP contribution < -0.4 is 15.8 Å². The number of anilines is 1. The lowest BCUT2D eigenvalue weighted by atomic mass is 10.1. The Kier molecular flexibility index (Phi) is 8.56. The fourth-order valence-corrected chi connectivity index (χ4v) is 2.70. The summed E-state index contributed by atoms with van der Waals surface area (Å²) < 4.78 is 7.24. The van der Waals surface area contributed by atoms with E-state index in [1.807, 2.05) is 60.0 Å². The first-order valence-corrected chi connectivity index (χ1v) is 8.24. The number of rotatable bonds is 6. The van der Waals surface area contributed by atoms with E-state index in [0.717, 1.165) is 22.5 Å². The second kappa shape index (κ2) is 10.2. The van der Waals surface area contributed by atoms with Crippen molar-refractivity contribution >= 4 is 47.7 Å². The van der Waals surface area contributed by atoms with Crippen molar-refractivity contribution in [2.75, 3.05) is 19.0 Å². The number of benzene rings is 2. The number of nitrogens with two attached hydrogens (primary N) is 1. The average Bonchev–Trinajstić information content (AvgIpc) is 2.99. The molecule has 0 radical (unpaired) electrons. The first-order chi connectivity index (χ1) is 12.1. The number of para-hydroxylation sites is 2. The van der Waals surface area contributed by atoms with Crippen LogP contribution in [0.4, 0.5) is 5.95 Å². The van der Waals surface area contributed by atoms with Gasteiger partial charge in [-0.05, 0) is 36.7 Å². The molecule has 1 aromatic heterocycles. The Balaban J connectivity index is 0.00000182.